The summed E-state index contributed by atoms with van der Waals surface area (Å²) in [6.45, 7) is 4.04. The third kappa shape index (κ3) is 3.65. The Hall–Kier alpha value is -1.44. The molecule has 3 fully saturated rings. The number of rotatable bonds is 3. The molecule has 6 nitrogen and oxygen atoms in total. The Bertz CT molecular complexity index is 765. The summed E-state index contributed by atoms with van der Waals surface area (Å²) in [4.78, 5) is 15.4. The molecule has 0 radical (unpaired) electrons. The fourth-order valence-corrected chi connectivity index (χ4v) is 6.47. The molecule has 1 aromatic rings. The van der Waals surface area contributed by atoms with Crippen LogP contribution in [0, 0.1) is 5.41 Å². The third-order valence-corrected chi connectivity index (χ3v) is 8.48. The lowest BCUT2D eigenvalue weighted by Crippen LogP contribution is -2.55. The van der Waals surface area contributed by atoms with Crippen molar-refractivity contribution in [3.05, 3.63) is 30.3 Å². The fraction of sp³-hybridized carbons (Fsp3) is 0.650. The van der Waals surface area contributed by atoms with Crippen molar-refractivity contribution in [1.82, 2.24) is 14.5 Å². The van der Waals surface area contributed by atoms with E-state index >= 15 is 0 Å². The molecule has 1 spiro atoms. The van der Waals surface area contributed by atoms with Crippen LogP contribution in [0.25, 0.3) is 0 Å². The molecule has 1 amide bonds. The van der Waals surface area contributed by atoms with Crippen LogP contribution < -0.4 is 5.32 Å². The minimum absolute atomic E-state index is 0.00462. The second-order valence-electron chi connectivity index (χ2n) is 8.19. The molecule has 0 aliphatic carbocycles. The molecule has 3 heterocycles. The maximum atomic E-state index is 13.2. The van der Waals surface area contributed by atoms with Crippen molar-refractivity contribution in [2.75, 3.05) is 32.7 Å². The predicted octanol–water partition coefficient (Wildman–Crippen LogP) is 1.83. The summed E-state index contributed by atoms with van der Waals surface area (Å²) in [5.74, 6) is -0.00462. The van der Waals surface area contributed by atoms with E-state index in [4.69, 9.17) is 0 Å². The maximum Gasteiger partial charge on any atom is 0.243 e. The Morgan fingerprint density at radius 1 is 1.04 bits per heavy atom. The Balaban J connectivity index is 1.50. The van der Waals surface area contributed by atoms with Gasteiger partial charge in [-0.25, -0.2) is 8.42 Å². The van der Waals surface area contributed by atoms with Crippen molar-refractivity contribution < 1.29 is 13.2 Å². The van der Waals surface area contributed by atoms with E-state index in [2.05, 4.69) is 5.32 Å². The number of piperidine rings is 2. The molecule has 1 aromatic carbocycles. The van der Waals surface area contributed by atoms with Crippen molar-refractivity contribution in [2.45, 2.75) is 49.5 Å². The van der Waals surface area contributed by atoms with Gasteiger partial charge in [-0.1, -0.05) is 24.6 Å². The number of nitrogens with zero attached hydrogens (tertiary/aromatic N) is 2. The van der Waals surface area contributed by atoms with Gasteiger partial charge < -0.3 is 10.2 Å². The zero-order chi connectivity index (χ0) is 18.9. The van der Waals surface area contributed by atoms with Crippen LogP contribution in [0.3, 0.4) is 0 Å². The summed E-state index contributed by atoms with van der Waals surface area (Å²) in [7, 11) is -3.64. The lowest BCUT2D eigenvalue weighted by molar-refractivity contribution is -0.138. The maximum absolute atomic E-state index is 13.2. The smallest absolute Gasteiger partial charge is 0.243 e. The summed E-state index contributed by atoms with van der Waals surface area (Å²) in [6.07, 6.45) is 5.55. The molecule has 27 heavy (non-hydrogen) atoms. The topological polar surface area (TPSA) is 69.7 Å². The van der Waals surface area contributed by atoms with Crippen molar-refractivity contribution in [2.24, 2.45) is 5.41 Å². The number of carbonyl (C=O) groups is 1. The fourth-order valence-electron chi connectivity index (χ4n) is 4.80. The number of likely N-dealkylation sites (tertiary alicyclic amines) is 1. The van der Waals surface area contributed by atoms with Gasteiger partial charge in [0, 0.05) is 26.2 Å². The van der Waals surface area contributed by atoms with Crippen molar-refractivity contribution in [3.63, 3.8) is 0 Å². The molecule has 3 aliphatic rings. The number of nitrogens with one attached hydrogen (secondary N) is 1. The molecule has 3 saturated heterocycles. The molecule has 148 valence electrons. The second kappa shape index (κ2) is 7.53. The van der Waals surface area contributed by atoms with E-state index in [1.54, 1.807) is 30.3 Å². The summed E-state index contributed by atoms with van der Waals surface area (Å²) in [5, 5.41) is 3.44. The number of hydrogen-bond acceptors (Lipinski definition) is 4. The van der Waals surface area contributed by atoms with Crippen LogP contribution in [0.1, 0.15) is 38.5 Å². The van der Waals surface area contributed by atoms with Crippen molar-refractivity contribution >= 4 is 15.9 Å². The highest BCUT2D eigenvalue weighted by atomic mass is 32.2. The molecular formula is C20H29N3O3S. The first-order valence-corrected chi connectivity index (χ1v) is 11.5. The van der Waals surface area contributed by atoms with Crippen LogP contribution in [0.2, 0.25) is 0 Å². The van der Waals surface area contributed by atoms with Crippen molar-refractivity contribution in [1.29, 1.82) is 0 Å². The van der Waals surface area contributed by atoms with Gasteiger partial charge in [-0.3, -0.25) is 4.79 Å². The van der Waals surface area contributed by atoms with Crippen LogP contribution in [-0.4, -0.2) is 62.3 Å². The molecule has 1 atom stereocenters. The minimum Gasteiger partial charge on any atom is -0.341 e. The Labute approximate surface area is 162 Å². The van der Waals surface area contributed by atoms with Crippen LogP contribution in [-0.2, 0) is 14.8 Å². The molecule has 1 unspecified atom stereocenters. The van der Waals surface area contributed by atoms with E-state index in [-0.39, 0.29) is 10.8 Å². The second-order valence-corrected chi connectivity index (χ2v) is 10.1. The molecule has 0 saturated carbocycles. The summed E-state index contributed by atoms with van der Waals surface area (Å²) in [5.41, 5.74) is 0.346. The molecule has 4 rings (SSSR count). The number of benzene rings is 1. The first-order valence-electron chi connectivity index (χ1n) is 10.1. The van der Waals surface area contributed by atoms with Gasteiger partial charge in [0.2, 0.25) is 15.9 Å². The highest BCUT2D eigenvalue weighted by Crippen LogP contribution is 2.37. The normalized spacial score (nSPS) is 26.4. The first-order chi connectivity index (χ1) is 13.0. The van der Waals surface area contributed by atoms with Gasteiger partial charge in [0.15, 0.2) is 0 Å². The van der Waals surface area contributed by atoms with Crippen LogP contribution in [0.5, 0.6) is 0 Å². The molecule has 3 aliphatic heterocycles. The highest BCUT2D eigenvalue weighted by molar-refractivity contribution is 7.89. The molecule has 0 aromatic heterocycles. The van der Waals surface area contributed by atoms with Gasteiger partial charge in [0.1, 0.15) is 6.04 Å². The van der Waals surface area contributed by atoms with Crippen molar-refractivity contribution in [3.8, 4) is 0 Å². The summed E-state index contributed by atoms with van der Waals surface area (Å²) < 4.78 is 27.7. The largest absolute Gasteiger partial charge is 0.341 e. The Morgan fingerprint density at radius 3 is 2.44 bits per heavy atom. The zero-order valence-corrected chi connectivity index (χ0v) is 16.6. The van der Waals surface area contributed by atoms with E-state index < -0.39 is 16.1 Å². The lowest BCUT2D eigenvalue weighted by Gasteiger charge is -2.42. The van der Waals surface area contributed by atoms with Gasteiger partial charge in [0.05, 0.1) is 4.90 Å². The first kappa shape index (κ1) is 18.9. The predicted molar refractivity (Wildman–Crippen MR) is 104 cm³/mol. The third-order valence-electron chi connectivity index (χ3n) is 6.56. The molecule has 1 N–H and O–H groups in total. The number of carbonyl (C=O) groups excluding carboxylic acids is 1. The number of hydrogen-bond donors (Lipinski definition) is 1. The number of sulfonamides is 1. The van der Waals surface area contributed by atoms with Crippen LogP contribution in [0.4, 0.5) is 0 Å². The molecular weight excluding hydrogens is 362 g/mol. The Kier molecular flexibility index (Phi) is 5.27. The quantitative estimate of drug-likeness (QED) is 0.854. The lowest BCUT2D eigenvalue weighted by atomic mass is 9.77. The SMILES string of the molecule is O=C(C1CCCCN1S(=O)(=O)c1ccccc1)N1CCC2(CCNC2)CC1. The van der Waals surface area contributed by atoms with Gasteiger partial charge in [-0.15, -0.1) is 0 Å². The van der Waals surface area contributed by atoms with E-state index in [0.717, 1.165) is 51.9 Å². The van der Waals surface area contributed by atoms with E-state index in [1.807, 2.05) is 4.90 Å². The Morgan fingerprint density at radius 2 is 1.78 bits per heavy atom. The van der Waals surface area contributed by atoms with Gasteiger partial charge in [0.25, 0.3) is 0 Å². The van der Waals surface area contributed by atoms with E-state index in [0.29, 0.717) is 18.4 Å². The van der Waals surface area contributed by atoms with E-state index in [9.17, 15) is 13.2 Å². The van der Waals surface area contributed by atoms with Crippen LogP contribution in [0.15, 0.2) is 35.2 Å². The average molecular weight is 392 g/mol. The summed E-state index contributed by atoms with van der Waals surface area (Å²) >= 11 is 0. The zero-order valence-electron chi connectivity index (χ0n) is 15.8. The number of amides is 1. The summed E-state index contributed by atoms with van der Waals surface area (Å²) in [6, 6.07) is 7.94. The van der Waals surface area contributed by atoms with E-state index in [1.165, 1.54) is 10.7 Å². The van der Waals surface area contributed by atoms with Gasteiger partial charge in [-0.2, -0.15) is 4.31 Å². The average Bonchev–Trinajstić information content (AvgIpc) is 3.16. The van der Waals surface area contributed by atoms with Gasteiger partial charge >= 0.3 is 0 Å². The standard InChI is InChI=1S/C20H29N3O3S/c24-19(22-14-10-20(11-15-22)9-12-21-16-20)18-8-4-5-13-23(18)27(25,26)17-6-2-1-3-7-17/h1-3,6-7,18,21H,4-5,8-16H2. The highest BCUT2D eigenvalue weighted by Gasteiger charge is 2.43. The molecule has 7 heteroatoms. The molecule has 0 bridgehead atoms. The minimum atomic E-state index is -3.64. The monoisotopic (exact) mass is 391 g/mol. The van der Waals surface area contributed by atoms with Crippen LogP contribution >= 0.6 is 0 Å². The van der Waals surface area contributed by atoms with Gasteiger partial charge in [-0.05, 0) is 56.2 Å².